The van der Waals surface area contributed by atoms with Gasteiger partial charge in [-0.15, -0.1) is 5.59 Å². The third-order valence-electron chi connectivity index (χ3n) is 0.228. The molecule has 0 aliphatic rings. The molecular weight excluding hydrogens is 68.0 g/mol. The molecule has 0 atom stereocenters. The fourth-order valence-corrected chi connectivity index (χ4v) is 0.0833. The Hall–Kier alpha value is -0.120. The van der Waals surface area contributed by atoms with Crippen LogP contribution in [0.5, 0.6) is 0 Å². The largest absolute Gasteiger partial charge is 0.288 e. The van der Waals surface area contributed by atoms with Crippen LogP contribution in [0.4, 0.5) is 0 Å². The summed E-state index contributed by atoms with van der Waals surface area (Å²) in [6.07, 6.45) is 0. The van der Waals surface area contributed by atoms with Gasteiger partial charge in [-0.1, -0.05) is 0 Å². The summed E-state index contributed by atoms with van der Waals surface area (Å²) in [6.45, 7) is 2.45. The van der Waals surface area contributed by atoms with Gasteiger partial charge in [0, 0.05) is 0 Å². The zero-order valence-corrected chi connectivity index (χ0v) is 3.19. The van der Waals surface area contributed by atoms with Gasteiger partial charge < -0.3 is 0 Å². The van der Waals surface area contributed by atoms with Gasteiger partial charge in [-0.05, 0) is 6.92 Å². The highest BCUT2D eigenvalue weighted by Crippen LogP contribution is 1.51. The Bertz CT molecular complexity index is 15.1. The number of hydrogen-bond donors (Lipinski definition) is 2. The SMILES string of the molecule is CCONN. The van der Waals surface area contributed by atoms with Crippen LogP contribution in [0, 0.1) is 0 Å². The predicted molar refractivity (Wildman–Crippen MR) is 18.9 cm³/mol. The van der Waals surface area contributed by atoms with E-state index in [1.165, 1.54) is 0 Å². The quantitative estimate of drug-likeness (QED) is 0.341. The van der Waals surface area contributed by atoms with Crippen LogP contribution >= 0.6 is 0 Å². The number of rotatable bonds is 2. The van der Waals surface area contributed by atoms with E-state index in [-0.39, 0.29) is 0 Å². The van der Waals surface area contributed by atoms with Gasteiger partial charge in [0.05, 0.1) is 6.61 Å². The van der Waals surface area contributed by atoms with E-state index in [9.17, 15) is 0 Å². The lowest BCUT2D eigenvalue weighted by Crippen LogP contribution is -2.21. The van der Waals surface area contributed by atoms with Crippen LogP contribution in [0.3, 0.4) is 0 Å². The average Bonchev–Trinajstić information content (AvgIpc) is 1.41. The molecule has 0 unspecified atom stereocenters. The zero-order valence-electron chi connectivity index (χ0n) is 3.19. The molecule has 0 aromatic heterocycles. The Kier molecular flexibility index (Phi) is 3.79. The molecule has 0 aliphatic heterocycles. The van der Waals surface area contributed by atoms with Crippen LogP contribution in [-0.2, 0) is 4.84 Å². The van der Waals surface area contributed by atoms with E-state index >= 15 is 0 Å². The lowest BCUT2D eigenvalue weighted by molar-refractivity contribution is 0.0512. The second-order valence-corrected chi connectivity index (χ2v) is 0.551. The second kappa shape index (κ2) is 3.88. The standard InChI is InChI=1S/C2H8N2O/c1-2-5-4-3/h4H,2-3H2,1H3. The Morgan fingerprint density at radius 2 is 2.60 bits per heavy atom. The van der Waals surface area contributed by atoms with E-state index in [2.05, 4.69) is 10.7 Å². The van der Waals surface area contributed by atoms with E-state index < -0.39 is 0 Å². The Morgan fingerprint density at radius 3 is 2.60 bits per heavy atom. The van der Waals surface area contributed by atoms with Crippen molar-refractivity contribution in [2.75, 3.05) is 6.61 Å². The molecule has 0 saturated carbocycles. The smallest absolute Gasteiger partial charge is 0.0670 e. The summed E-state index contributed by atoms with van der Waals surface area (Å²) >= 11 is 0. The molecule has 0 amide bonds. The Morgan fingerprint density at radius 1 is 2.00 bits per heavy atom. The van der Waals surface area contributed by atoms with Crippen molar-refractivity contribution in [1.29, 1.82) is 0 Å². The van der Waals surface area contributed by atoms with Crippen LogP contribution in [-0.4, -0.2) is 6.61 Å². The molecular formula is C2H8N2O. The summed E-state index contributed by atoms with van der Waals surface area (Å²) in [4.78, 5) is 4.36. The van der Waals surface area contributed by atoms with E-state index in [1.54, 1.807) is 0 Å². The fraction of sp³-hybridized carbons (Fsp3) is 1.00. The van der Waals surface area contributed by atoms with Crippen LogP contribution in [0.15, 0.2) is 0 Å². The van der Waals surface area contributed by atoms with Gasteiger partial charge in [-0.3, -0.25) is 4.84 Å². The van der Waals surface area contributed by atoms with Gasteiger partial charge in [0.25, 0.3) is 0 Å². The van der Waals surface area contributed by atoms with E-state index in [0.29, 0.717) is 6.61 Å². The summed E-state index contributed by atoms with van der Waals surface area (Å²) in [7, 11) is 0. The summed E-state index contributed by atoms with van der Waals surface area (Å²) in [6, 6.07) is 0. The summed E-state index contributed by atoms with van der Waals surface area (Å²) in [5.41, 5.74) is 2.02. The fourth-order valence-electron chi connectivity index (χ4n) is 0.0833. The highest BCUT2D eigenvalue weighted by atomic mass is 16.7. The third-order valence-corrected chi connectivity index (χ3v) is 0.228. The van der Waals surface area contributed by atoms with Gasteiger partial charge in [0.15, 0.2) is 0 Å². The lowest BCUT2D eigenvalue weighted by Gasteiger charge is -1.88. The monoisotopic (exact) mass is 76.1 g/mol. The van der Waals surface area contributed by atoms with Gasteiger partial charge in [-0.2, -0.15) is 0 Å². The first-order chi connectivity index (χ1) is 2.41. The highest BCUT2D eigenvalue weighted by molar-refractivity contribution is 3.95. The van der Waals surface area contributed by atoms with Gasteiger partial charge in [0.1, 0.15) is 0 Å². The average molecular weight is 76.1 g/mol. The maximum Gasteiger partial charge on any atom is 0.0670 e. The number of hydrogen-bond acceptors (Lipinski definition) is 3. The van der Waals surface area contributed by atoms with Crippen molar-refractivity contribution in [1.82, 2.24) is 5.59 Å². The molecule has 0 heterocycles. The second-order valence-electron chi connectivity index (χ2n) is 0.551. The van der Waals surface area contributed by atoms with Crippen molar-refractivity contribution in [3.05, 3.63) is 0 Å². The molecule has 0 rings (SSSR count). The lowest BCUT2D eigenvalue weighted by atomic mass is 10.9. The summed E-state index contributed by atoms with van der Waals surface area (Å²) < 4.78 is 0. The topological polar surface area (TPSA) is 47.3 Å². The van der Waals surface area contributed by atoms with Crippen molar-refractivity contribution in [2.45, 2.75) is 6.92 Å². The minimum Gasteiger partial charge on any atom is -0.288 e. The van der Waals surface area contributed by atoms with Crippen molar-refractivity contribution in [3.63, 3.8) is 0 Å². The molecule has 0 spiro atoms. The molecule has 0 aliphatic carbocycles. The molecule has 32 valence electrons. The Labute approximate surface area is 31.0 Å². The van der Waals surface area contributed by atoms with Gasteiger partial charge in [-0.25, -0.2) is 5.84 Å². The minimum absolute atomic E-state index is 0.608. The molecule has 0 radical (unpaired) electrons. The predicted octanol–water partition coefficient (Wildman–Crippen LogP) is -0.599. The van der Waals surface area contributed by atoms with E-state index in [0.717, 1.165) is 0 Å². The first kappa shape index (κ1) is 4.88. The highest BCUT2D eigenvalue weighted by Gasteiger charge is 1.61. The van der Waals surface area contributed by atoms with Crippen LogP contribution in [0.2, 0.25) is 0 Å². The molecule has 0 aromatic rings. The number of nitrogens with two attached hydrogens (primary N) is 1. The molecule has 0 aromatic carbocycles. The van der Waals surface area contributed by atoms with E-state index in [4.69, 9.17) is 0 Å². The minimum atomic E-state index is 0.608. The van der Waals surface area contributed by atoms with Crippen molar-refractivity contribution in [3.8, 4) is 0 Å². The van der Waals surface area contributed by atoms with Gasteiger partial charge >= 0.3 is 0 Å². The molecule has 0 fully saturated rings. The van der Waals surface area contributed by atoms with Crippen LogP contribution in [0.25, 0.3) is 0 Å². The molecule has 0 saturated heterocycles. The summed E-state index contributed by atoms with van der Waals surface area (Å²) in [5.74, 6) is 4.67. The van der Waals surface area contributed by atoms with E-state index in [1.807, 2.05) is 12.5 Å². The maximum atomic E-state index is 4.67. The normalized spacial score (nSPS) is 8.40. The van der Waals surface area contributed by atoms with Crippen LogP contribution in [0.1, 0.15) is 6.92 Å². The first-order valence-electron chi connectivity index (χ1n) is 1.49. The summed E-state index contributed by atoms with van der Waals surface area (Å²) in [5, 5.41) is 0. The zero-order chi connectivity index (χ0) is 4.12. The van der Waals surface area contributed by atoms with Crippen molar-refractivity contribution >= 4 is 0 Å². The molecule has 5 heavy (non-hydrogen) atoms. The molecule has 3 N–H and O–H groups in total. The molecule has 3 nitrogen and oxygen atoms in total. The van der Waals surface area contributed by atoms with Crippen molar-refractivity contribution < 1.29 is 4.84 Å². The Balaban J connectivity index is 2.19. The van der Waals surface area contributed by atoms with Gasteiger partial charge in [0.2, 0.25) is 0 Å². The number of nitrogens with one attached hydrogen (secondary N) is 1. The maximum absolute atomic E-state index is 4.67. The first-order valence-corrected chi connectivity index (χ1v) is 1.49. The molecule has 0 bridgehead atoms. The number of hydrazine groups is 1. The molecule has 3 heteroatoms. The van der Waals surface area contributed by atoms with Crippen molar-refractivity contribution in [2.24, 2.45) is 5.84 Å². The van der Waals surface area contributed by atoms with Crippen LogP contribution < -0.4 is 11.4 Å². The third kappa shape index (κ3) is 3.88.